The minimum absolute atomic E-state index is 0.0568. The number of rotatable bonds is 1. The highest BCUT2D eigenvalue weighted by Gasteiger charge is 2.60. The number of carbonyl (C=O) groups is 1. The first-order valence-corrected chi connectivity index (χ1v) is 5.54. The van der Waals surface area contributed by atoms with Gasteiger partial charge in [0.2, 0.25) is 5.91 Å². The van der Waals surface area contributed by atoms with Gasteiger partial charge in [0.05, 0.1) is 18.2 Å². The van der Waals surface area contributed by atoms with E-state index in [0.29, 0.717) is 0 Å². The highest BCUT2D eigenvalue weighted by atomic mass is 19.4. The van der Waals surface area contributed by atoms with E-state index < -0.39 is 29.7 Å². The van der Waals surface area contributed by atoms with Gasteiger partial charge in [-0.05, 0) is 12.1 Å². The quantitative estimate of drug-likeness (QED) is 0.745. The van der Waals surface area contributed by atoms with Crippen LogP contribution in [-0.4, -0.2) is 27.4 Å². The molecule has 0 saturated carbocycles. The molecule has 0 spiro atoms. The van der Waals surface area contributed by atoms with Crippen LogP contribution in [-0.2, 0) is 10.4 Å². The number of H-pyrrole nitrogens is 1. The number of nitrogens with zero attached hydrogens (tertiary/aromatic N) is 1. The van der Waals surface area contributed by atoms with E-state index in [9.17, 15) is 23.1 Å². The van der Waals surface area contributed by atoms with Crippen LogP contribution in [0.2, 0.25) is 0 Å². The maximum Gasteiger partial charge on any atom is 0.422 e. The summed E-state index contributed by atoms with van der Waals surface area (Å²) in [5, 5.41) is 18.2. The van der Waals surface area contributed by atoms with Gasteiger partial charge in [-0.1, -0.05) is 0 Å². The average molecular weight is 287 g/mol. The molecule has 3 rings (SSSR count). The highest BCUT2D eigenvalue weighted by molar-refractivity contribution is 5.95. The van der Waals surface area contributed by atoms with E-state index in [1.54, 1.807) is 0 Å². The van der Waals surface area contributed by atoms with E-state index >= 15 is 0 Å². The molecule has 6 nitrogen and oxygen atoms in total. The van der Waals surface area contributed by atoms with E-state index in [4.69, 9.17) is 4.42 Å². The molecule has 9 heteroatoms. The Morgan fingerprint density at radius 2 is 2.20 bits per heavy atom. The number of anilines is 1. The summed E-state index contributed by atoms with van der Waals surface area (Å²) in [5.41, 5.74) is -4.04. The molecule has 2 aromatic rings. The van der Waals surface area contributed by atoms with Gasteiger partial charge in [0.25, 0.3) is 0 Å². The third-order valence-corrected chi connectivity index (χ3v) is 3.08. The zero-order valence-corrected chi connectivity index (χ0v) is 9.78. The number of aliphatic hydroxyl groups is 1. The molecule has 0 radical (unpaired) electrons. The van der Waals surface area contributed by atoms with Crippen LogP contribution in [0.1, 0.15) is 12.0 Å². The zero-order valence-electron chi connectivity index (χ0n) is 9.78. The van der Waals surface area contributed by atoms with Crippen molar-refractivity contribution in [2.24, 2.45) is 0 Å². The summed E-state index contributed by atoms with van der Waals surface area (Å²) < 4.78 is 44.5. The molecule has 1 amide bonds. The van der Waals surface area contributed by atoms with Crippen LogP contribution in [0, 0.1) is 0 Å². The van der Waals surface area contributed by atoms with Crippen molar-refractivity contribution in [1.82, 2.24) is 10.2 Å². The fourth-order valence-corrected chi connectivity index (χ4v) is 2.17. The molecule has 0 aromatic carbocycles. The molecule has 3 heterocycles. The molecule has 0 bridgehead atoms. The van der Waals surface area contributed by atoms with Gasteiger partial charge in [0, 0.05) is 0 Å². The molecule has 0 saturated heterocycles. The monoisotopic (exact) mass is 287 g/mol. The molecule has 1 unspecified atom stereocenters. The summed E-state index contributed by atoms with van der Waals surface area (Å²) in [6, 6.07) is 2.88. The normalized spacial score (nSPS) is 22.5. The minimum atomic E-state index is -5.02. The standard InChI is InChI=1S/C11H8F3N3O3/c12-11(13,14)10(19)4-6(18)15-9-7(10)8(16-17-9)5-2-1-3-20-5/h1-3,19H,4H2,(H2,15,16,17,18). The first kappa shape index (κ1) is 12.7. The summed E-state index contributed by atoms with van der Waals surface area (Å²) in [6.45, 7) is 0. The number of furan rings is 1. The largest absolute Gasteiger partial charge is 0.463 e. The van der Waals surface area contributed by atoms with Gasteiger partial charge in [-0.3, -0.25) is 9.89 Å². The molecule has 1 atom stereocenters. The van der Waals surface area contributed by atoms with E-state index in [2.05, 4.69) is 15.5 Å². The van der Waals surface area contributed by atoms with Gasteiger partial charge in [0.1, 0.15) is 11.5 Å². The van der Waals surface area contributed by atoms with Gasteiger partial charge in [0.15, 0.2) is 11.4 Å². The minimum Gasteiger partial charge on any atom is -0.463 e. The number of halogens is 3. The lowest BCUT2D eigenvalue weighted by Crippen LogP contribution is -2.48. The Bertz CT molecular complexity index is 662. The van der Waals surface area contributed by atoms with Crippen LogP contribution in [0.15, 0.2) is 22.8 Å². The second kappa shape index (κ2) is 3.85. The van der Waals surface area contributed by atoms with Crippen molar-refractivity contribution < 1.29 is 27.5 Å². The second-order valence-electron chi connectivity index (χ2n) is 4.38. The van der Waals surface area contributed by atoms with Gasteiger partial charge in [-0.15, -0.1) is 0 Å². The second-order valence-corrected chi connectivity index (χ2v) is 4.38. The number of hydrogen-bond acceptors (Lipinski definition) is 4. The van der Waals surface area contributed by atoms with E-state index in [1.807, 2.05) is 0 Å². The smallest absolute Gasteiger partial charge is 0.422 e. The molecule has 0 fully saturated rings. The van der Waals surface area contributed by atoms with Crippen molar-refractivity contribution in [3.05, 3.63) is 24.0 Å². The van der Waals surface area contributed by atoms with Gasteiger partial charge >= 0.3 is 6.18 Å². The van der Waals surface area contributed by atoms with E-state index in [-0.39, 0.29) is 17.3 Å². The Morgan fingerprint density at radius 3 is 2.80 bits per heavy atom. The molecule has 3 N–H and O–H groups in total. The van der Waals surface area contributed by atoms with E-state index in [1.165, 1.54) is 18.4 Å². The average Bonchev–Trinajstić information content (AvgIpc) is 2.93. The Kier molecular flexibility index (Phi) is 2.45. The number of alkyl halides is 3. The number of fused-ring (bicyclic) bond motifs is 1. The van der Waals surface area contributed by atoms with Crippen LogP contribution in [0.4, 0.5) is 19.0 Å². The fourth-order valence-electron chi connectivity index (χ4n) is 2.17. The molecule has 1 aliphatic heterocycles. The Balaban J connectivity index is 2.25. The van der Waals surface area contributed by atoms with Crippen LogP contribution in [0.25, 0.3) is 11.5 Å². The number of nitrogens with one attached hydrogen (secondary N) is 2. The summed E-state index contributed by atoms with van der Waals surface area (Å²) >= 11 is 0. The number of aromatic nitrogens is 2. The van der Waals surface area contributed by atoms with Crippen molar-refractivity contribution in [2.45, 2.75) is 18.2 Å². The van der Waals surface area contributed by atoms with Crippen molar-refractivity contribution in [3.8, 4) is 11.5 Å². The van der Waals surface area contributed by atoms with E-state index in [0.717, 1.165) is 0 Å². The highest BCUT2D eigenvalue weighted by Crippen LogP contribution is 2.49. The molecule has 1 aliphatic rings. The topological polar surface area (TPSA) is 91.2 Å². The molecule has 0 aliphatic carbocycles. The van der Waals surface area contributed by atoms with Crippen LogP contribution in [0.5, 0.6) is 0 Å². The number of aromatic amines is 1. The summed E-state index contributed by atoms with van der Waals surface area (Å²) in [7, 11) is 0. The van der Waals surface area contributed by atoms with Crippen LogP contribution >= 0.6 is 0 Å². The lowest BCUT2D eigenvalue weighted by atomic mass is 9.86. The summed E-state index contributed by atoms with van der Waals surface area (Å²) in [6.07, 6.45) is -4.88. The maximum atomic E-state index is 13.2. The number of hydrogen-bond donors (Lipinski definition) is 3. The molecule has 2 aromatic heterocycles. The molecular weight excluding hydrogens is 279 g/mol. The lowest BCUT2D eigenvalue weighted by Gasteiger charge is -2.33. The predicted molar refractivity (Wildman–Crippen MR) is 59.5 cm³/mol. The SMILES string of the molecule is O=C1CC(O)(C(F)(F)F)c2c(-c3ccco3)n[nH]c2N1. The third-order valence-electron chi connectivity index (χ3n) is 3.08. The zero-order chi connectivity index (χ0) is 14.5. The molecule has 20 heavy (non-hydrogen) atoms. The molecular formula is C11H8F3N3O3. The number of amides is 1. The summed E-state index contributed by atoms with van der Waals surface area (Å²) in [5.74, 6) is -1.18. The van der Waals surface area contributed by atoms with Crippen molar-refractivity contribution >= 4 is 11.7 Å². The van der Waals surface area contributed by atoms with Crippen LogP contribution in [0.3, 0.4) is 0 Å². The van der Waals surface area contributed by atoms with Gasteiger partial charge in [-0.25, -0.2) is 0 Å². The van der Waals surface area contributed by atoms with Gasteiger partial charge < -0.3 is 14.8 Å². The first-order valence-electron chi connectivity index (χ1n) is 5.54. The Hall–Kier alpha value is -2.29. The Morgan fingerprint density at radius 1 is 1.45 bits per heavy atom. The predicted octanol–water partition coefficient (Wildman–Crippen LogP) is 1.76. The van der Waals surface area contributed by atoms with Crippen LogP contribution < -0.4 is 5.32 Å². The van der Waals surface area contributed by atoms with Gasteiger partial charge in [-0.2, -0.15) is 18.3 Å². The third kappa shape index (κ3) is 1.63. The number of carbonyl (C=O) groups excluding carboxylic acids is 1. The summed E-state index contributed by atoms with van der Waals surface area (Å²) in [4.78, 5) is 11.3. The fraction of sp³-hybridized carbons (Fsp3) is 0.273. The van der Waals surface area contributed by atoms with Crippen molar-refractivity contribution in [3.63, 3.8) is 0 Å². The first-order chi connectivity index (χ1) is 9.33. The maximum absolute atomic E-state index is 13.2. The molecule has 106 valence electrons. The Labute approximate surface area is 109 Å². The lowest BCUT2D eigenvalue weighted by molar-refractivity contribution is -0.267. The van der Waals surface area contributed by atoms with Crippen molar-refractivity contribution in [2.75, 3.05) is 5.32 Å². The van der Waals surface area contributed by atoms with Crippen molar-refractivity contribution in [1.29, 1.82) is 0 Å².